The van der Waals surface area contributed by atoms with Crippen molar-refractivity contribution in [3.63, 3.8) is 0 Å². The van der Waals surface area contributed by atoms with Crippen LogP contribution in [0.3, 0.4) is 0 Å². The van der Waals surface area contributed by atoms with Gasteiger partial charge in [0.1, 0.15) is 12.4 Å². The summed E-state index contributed by atoms with van der Waals surface area (Å²) >= 11 is 0. The number of alkyl halides is 2. The molecule has 0 unspecified atom stereocenters. The maximum absolute atomic E-state index is 13.5. The second kappa shape index (κ2) is 9.46. The first-order valence-corrected chi connectivity index (χ1v) is 13.0. The number of halogens is 2. The van der Waals surface area contributed by atoms with Crippen LogP contribution in [0, 0.1) is 25.2 Å². The molecule has 0 saturated carbocycles. The van der Waals surface area contributed by atoms with Gasteiger partial charge in [0.25, 0.3) is 22.0 Å². The maximum Gasteiger partial charge on any atom is 0.274 e. The van der Waals surface area contributed by atoms with Crippen LogP contribution < -0.4 is 10.3 Å². The number of hydrogen-bond acceptors (Lipinski definition) is 5. The minimum absolute atomic E-state index is 0.0970. The number of rotatable bonds is 7. The maximum atomic E-state index is 13.5. The third kappa shape index (κ3) is 4.33. The molecule has 2 heterocycles. The molecule has 0 aliphatic heterocycles. The van der Waals surface area contributed by atoms with Crippen LogP contribution in [0.5, 0.6) is 5.75 Å². The van der Waals surface area contributed by atoms with E-state index in [0.717, 1.165) is 9.54 Å². The van der Waals surface area contributed by atoms with Gasteiger partial charge in [-0.25, -0.2) is 25.9 Å². The van der Waals surface area contributed by atoms with Crippen molar-refractivity contribution in [3.8, 4) is 11.8 Å². The lowest BCUT2D eigenvalue weighted by atomic mass is 10.0. The highest BCUT2D eigenvalue weighted by molar-refractivity contribution is 7.90. The second-order valence-corrected chi connectivity index (χ2v) is 10.8. The van der Waals surface area contributed by atoms with Gasteiger partial charge in [-0.1, -0.05) is 17.7 Å². The Bertz CT molecular complexity index is 1900. The molecule has 3 aromatic carbocycles. The summed E-state index contributed by atoms with van der Waals surface area (Å²) in [6.07, 6.45) is -1.33. The highest BCUT2D eigenvalue weighted by Crippen LogP contribution is 2.35. The van der Waals surface area contributed by atoms with Crippen molar-refractivity contribution in [2.24, 2.45) is 0 Å². The van der Waals surface area contributed by atoms with Crippen molar-refractivity contribution in [1.82, 2.24) is 13.8 Å². The van der Waals surface area contributed by atoms with Crippen molar-refractivity contribution in [3.05, 3.63) is 93.4 Å². The number of fused-ring (bicyclic) bond motifs is 2. The fourth-order valence-corrected chi connectivity index (χ4v) is 5.91. The Morgan fingerprint density at radius 2 is 1.79 bits per heavy atom. The monoisotopic (exact) mass is 536 g/mol. The molecule has 38 heavy (non-hydrogen) atoms. The van der Waals surface area contributed by atoms with Gasteiger partial charge in [0, 0.05) is 17.1 Å². The Labute approximate surface area is 216 Å². The number of nitrogens with zero attached hydrogens (tertiary/aromatic N) is 3. The Kier molecular flexibility index (Phi) is 6.28. The molecule has 0 saturated heterocycles. The zero-order valence-electron chi connectivity index (χ0n) is 20.4. The third-order valence-electron chi connectivity index (χ3n) is 6.33. The van der Waals surface area contributed by atoms with E-state index in [1.165, 1.54) is 35.1 Å². The predicted molar refractivity (Wildman–Crippen MR) is 138 cm³/mol. The summed E-state index contributed by atoms with van der Waals surface area (Å²) in [5.74, 6) is 0.115. The van der Waals surface area contributed by atoms with E-state index in [1.54, 1.807) is 37.3 Å². The van der Waals surface area contributed by atoms with Gasteiger partial charge in [-0.3, -0.25) is 9.89 Å². The first-order chi connectivity index (χ1) is 18.1. The topological polar surface area (TPSA) is 110 Å². The molecule has 1 N–H and O–H groups in total. The van der Waals surface area contributed by atoms with Gasteiger partial charge in [-0.15, -0.1) is 0 Å². The number of nitrogens with one attached hydrogen (secondary N) is 1. The standard InChI is InChI=1S/C27H22F2N4O4S/c1-16-3-6-19(7-4-16)38(35,36)33-10-9-20-22(24(37-15-25(28)29)11-17(2)26(20)33)14-32-27(34)21-12-18(13-30)5-8-23(21)31-32/h3-12,25,31H,14-15H2,1-2H3. The smallest absolute Gasteiger partial charge is 0.274 e. The minimum atomic E-state index is -3.98. The van der Waals surface area contributed by atoms with Crippen LogP contribution in [0.1, 0.15) is 22.3 Å². The van der Waals surface area contributed by atoms with Crippen molar-refractivity contribution in [2.45, 2.75) is 31.7 Å². The van der Waals surface area contributed by atoms with Gasteiger partial charge in [-0.2, -0.15) is 5.26 Å². The lowest BCUT2D eigenvalue weighted by molar-refractivity contribution is 0.0814. The number of hydrogen-bond donors (Lipinski definition) is 1. The fraction of sp³-hybridized carbons (Fsp3) is 0.185. The molecule has 0 amide bonds. The molecule has 0 aliphatic carbocycles. The number of aromatic nitrogens is 3. The van der Waals surface area contributed by atoms with Gasteiger partial charge < -0.3 is 4.74 Å². The summed E-state index contributed by atoms with van der Waals surface area (Å²) in [6.45, 7) is 2.54. The minimum Gasteiger partial charge on any atom is -0.487 e. The van der Waals surface area contributed by atoms with Gasteiger partial charge in [-0.05, 0) is 61.9 Å². The van der Waals surface area contributed by atoms with Crippen LogP contribution >= 0.6 is 0 Å². The van der Waals surface area contributed by atoms with Crippen LogP contribution in [0.15, 0.2) is 70.5 Å². The average Bonchev–Trinajstić information content (AvgIpc) is 3.47. The molecule has 5 aromatic rings. The zero-order valence-corrected chi connectivity index (χ0v) is 21.2. The lowest BCUT2D eigenvalue weighted by Crippen LogP contribution is -2.19. The van der Waals surface area contributed by atoms with E-state index in [2.05, 4.69) is 5.10 Å². The van der Waals surface area contributed by atoms with Crippen LogP contribution in [-0.4, -0.2) is 35.2 Å². The number of aryl methyl sites for hydroxylation is 2. The molecule has 194 valence electrons. The highest BCUT2D eigenvalue weighted by Gasteiger charge is 2.24. The molecule has 0 spiro atoms. The molecular formula is C27H22F2N4O4S. The molecule has 0 aliphatic rings. The third-order valence-corrected chi connectivity index (χ3v) is 8.02. The Balaban J connectivity index is 1.70. The van der Waals surface area contributed by atoms with E-state index in [-0.39, 0.29) is 17.2 Å². The van der Waals surface area contributed by atoms with E-state index < -0.39 is 28.6 Å². The number of aromatic amines is 1. The van der Waals surface area contributed by atoms with Crippen molar-refractivity contribution in [1.29, 1.82) is 5.26 Å². The summed E-state index contributed by atoms with van der Waals surface area (Å²) in [5.41, 5.74) is 2.50. The molecule has 0 radical (unpaired) electrons. The zero-order chi connectivity index (χ0) is 27.2. The molecule has 8 nitrogen and oxygen atoms in total. The van der Waals surface area contributed by atoms with Crippen molar-refractivity contribution < 1.29 is 21.9 Å². The van der Waals surface area contributed by atoms with Crippen molar-refractivity contribution in [2.75, 3.05) is 6.61 Å². The lowest BCUT2D eigenvalue weighted by Gasteiger charge is -2.16. The van der Waals surface area contributed by atoms with Crippen molar-refractivity contribution >= 4 is 31.8 Å². The predicted octanol–water partition coefficient (Wildman–Crippen LogP) is 4.70. The Morgan fingerprint density at radius 1 is 1.05 bits per heavy atom. The Morgan fingerprint density at radius 3 is 2.47 bits per heavy atom. The number of H-pyrrole nitrogens is 1. The summed E-state index contributed by atoms with van der Waals surface area (Å²) < 4.78 is 61.0. The number of benzene rings is 3. The molecule has 11 heteroatoms. The fourth-order valence-electron chi connectivity index (χ4n) is 4.50. The second-order valence-electron chi connectivity index (χ2n) is 8.94. The van der Waals surface area contributed by atoms with E-state index >= 15 is 0 Å². The molecule has 0 bridgehead atoms. The Hall–Kier alpha value is -4.43. The quantitative estimate of drug-likeness (QED) is 0.324. The summed E-state index contributed by atoms with van der Waals surface area (Å²) in [7, 11) is -3.98. The van der Waals surface area contributed by atoms with Gasteiger partial charge in [0.2, 0.25) is 0 Å². The van der Waals surface area contributed by atoms with Gasteiger partial charge in [0.05, 0.1) is 39.5 Å². The van der Waals surface area contributed by atoms with E-state index in [9.17, 15) is 27.3 Å². The van der Waals surface area contributed by atoms with Gasteiger partial charge >= 0.3 is 0 Å². The average molecular weight is 537 g/mol. The molecular weight excluding hydrogens is 514 g/mol. The first kappa shape index (κ1) is 25.2. The SMILES string of the molecule is Cc1ccc(S(=O)(=O)n2ccc3c(Cn4[nH]c5ccc(C#N)cc5c4=O)c(OCC(F)F)cc(C)c32)cc1. The molecule has 0 atom stereocenters. The summed E-state index contributed by atoms with van der Waals surface area (Å²) in [6, 6.07) is 16.2. The summed E-state index contributed by atoms with van der Waals surface area (Å²) in [4.78, 5) is 13.2. The van der Waals surface area contributed by atoms with Crippen LogP contribution in [0.2, 0.25) is 0 Å². The highest BCUT2D eigenvalue weighted by atomic mass is 32.2. The summed E-state index contributed by atoms with van der Waals surface area (Å²) in [5, 5.41) is 12.9. The molecule has 0 fully saturated rings. The van der Waals surface area contributed by atoms with E-state index in [1.807, 2.05) is 13.0 Å². The molecule has 5 rings (SSSR count). The normalized spacial score (nSPS) is 11.9. The molecule has 2 aromatic heterocycles. The van der Waals surface area contributed by atoms with Crippen LogP contribution in [0.25, 0.3) is 21.8 Å². The number of nitriles is 1. The van der Waals surface area contributed by atoms with Crippen LogP contribution in [0.4, 0.5) is 8.78 Å². The van der Waals surface area contributed by atoms with Gasteiger partial charge in [0.15, 0.2) is 0 Å². The van der Waals surface area contributed by atoms with Crippen LogP contribution in [-0.2, 0) is 16.6 Å². The van der Waals surface area contributed by atoms with E-state index in [4.69, 9.17) is 4.74 Å². The van der Waals surface area contributed by atoms with E-state index in [0.29, 0.717) is 38.5 Å². The number of ether oxygens (including phenoxy) is 1. The largest absolute Gasteiger partial charge is 0.487 e. The first-order valence-electron chi connectivity index (χ1n) is 11.6.